The van der Waals surface area contributed by atoms with E-state index in [9.17, 15) is 0 Å². The summed E-state index contributed by atoms with van der Waals surface area (Å²) in [5.74, 6) is 1.42. The summed E-state index contributed by atoms with van der Waals surface area (Å²) in [5, 5.41) is 3.50. The van der Waals surface area contributed by atoms with Gasteiger partial charge in [0, 0.05) is 4.47 Å². The lowest BCUT2D eigenvalue weighted by molar-refractivity contribution is 0.376. The summed E-state index contributed by atoms with van der Waals surface area (Å²) in [7, 11) is 0. The van der Waals surface area contributed by atoms with Gasteiger partial charge in [0.05, 0.1) is 0 Å². The molecule has 17 heavy (non-hydrogen) atoms. The van der Waals surface area contributed by atoms with Gasteiger partial charge in [-0.25, -0.2) is 0 Å². The van der Waals surface area contributed by atoms with Gasteiger partial charge in [-0.3, -0.25) is 0 Å². The van der Waals surface area contributed by atoms with Crippen LogP contribution in [0.3, 0.4) is 0 Å². The van der Waals surface area contributed by atoms with Crippen molar-refractivity contribution < 1.29 is 0 Å². The molecule has 1 nitrogen and oxygen atoms in total. The molecular weight excluding hydrogens is 274 g/mol. The lowest BCUT2D eigenvalue weighted by atomic mass is 9.90. The molecule has 2 heteroatoms. The molecule has 1 aromatic carbocycles. The Morgan fingerprint density at radius 3 is 2.82 bits per heavy atom. The fourth-order valence-electron chi connectivity index (χ4n) is 2.56. The van der Waals surface area contributed by atoms with E-state index in [-0.39, 0.29) is 0 Å². The molecule has 0 amide bonds. The molecule has 1 aromatic rings. The Balaban J connectivity index is 2.09. The molecule has 0 saturated carbocycles. The van der Waals surface area contributed by atoms with E-state index in [0.717, 1.165) is 5.92 Å². The third kappa shape index (κ3) is 3.82. The van der Waals surface area contributed by atoms with Gasteiger partial charge in [0.2, 0.25) is 0 Å². The molecule has 0 aromatic heterocycles. The minimum Gasteiger partial charge on any atom is -0.316 e. The third-order valence-electron chi connectivity index (χ3n) is 3.57. The summed E-state index contributed by atoms with van der Waals surface area (Å²) < 4.78 is 1.22. The molecule has 1 heterocycles. The largest absolute Gasteiger partial charge is 0.316 e. The van der Waals surface area contributed by atoms with E-state index in [1.54, 1.807) is 0 Å². The lowest BCUT2D eigenvalue weighted by Gasteiger charge is -2.23. The van der Waals surface area contributed by atoms with E-state index in [1.165, 1.54) is 48.0 Å². The summed E-state index contributed by atoms with van der Waals surface area (Å²) in [6.45, 7) is 6.90. The molecule has 0 radical (unpaired) electrons. The molecule has 1 aliphatic heterocycles. The molecule has 1 N–H and O–H groups in total. The van der Waals surface area contributed by atoms with Crippen LogP contribution in [0.2, 0.25) is 0 Å². The average molecular weight is 296 g/mol. The van der Waals surface area contributed by atoms with Crippen molar-refractivity contribution in [3.05, 3.63) is 33.8 Å². The van der Waals surface area contributed by atoms with E-state index in [4.69, 9.17) is 0 Å². The van der Waals surface area contributed by atoms with Crippen molar-refractivity contribution in [3.8, 4) is 0 Å². The van der Waals surface area contributed by atoms with Crippen LogP contribution in [-0.4, -0.2) is 13.1 Å². The van der Waals surface area contributed by atoms with Gasteiger partial charge in [0.25, 0.3) is 0 Å². The van der Waals surface area contributed by atoms with Gasteiger partial charge >= 0.3 is 0 Å². The molecule has 1 fully saturated rings. The van der Waals surface area contributed by atoms with Gasteiger partial charge in [0.15, 0.2) is 0 Å². The van der Waals surface area contributed by atoms with E-state index in [2.05, 4.69) is 53.3 Å². The Hall–Kier alpha value is -0.340. The van der Waals surface area contributed by atoms with Gasteiger partial charge in [-0.05, 0) is 67.4 Å². The average Bonchev–Trinajstić information content (AvgIpc) is 2.29. The number of piperidine rings is 1. The highest BCUT2D eigenvalue weighted by Gasteiger charge is 2.14. The van der Waals surface area contributed by atoms with Crippen LogP contribution in [0.1, 0.15) is 43.7 Å². The van der Waals surface area contributed by atoms with Crippen molar-refractivity contribution in [3.63, 3.8) is 0 Å². The molecule has 94 valence electrons. The minimum absolute atomic E-state index is 0.607. The van der Waals surface area contributed by atoms with Crippen LogP contribution >= 0.6 is 15.9 Å². The Labute approximate surface area is 113 Å². The predicted octanol–water partition coefficient (Wildman–Crippen LogP) is 4.11. The predicted molar refractivity (Wildman–Crippen MR) is 77.5 cm³/mol. The maximum atomic E-state index is 3.63. The third-order valence-corrected chi connectivity index (χ3v) is 4.03. The molecule has 2 rings (SSSR count). The summed E-state index contributed by atoms with van der Waals surface area (Å²) in [5.41, 5.74) is 2.93. The van der Waals surface area contributed by atoms with E-state index >= 15 is 0 Å². The van der Waals surface area contributed by atoms with Crippen molar-refractivity contribution in [1.82, 2.24) is 5.32 Å². The number of hydrogen-bond donors (Lipinski definition) is 1. The number of nitrogens with one attached hydrogen (secondary N) is 1. The zero-order valence-electron chi connectivity index (χ0n) is 10.8. The smallest absolute Gasteiger partial charge is 0.0180 e. The highest BCUT2D eigenvalue weighted by molar-refractivity contribution is 9.10. The first kappa shape index (κ1) is 13.1. The second-order valence-electron chi connectivity index (χ2n) is 5.46. The fraction of sp³-hybridized carbons (Fsp3) is 0.600. The van der Waals surface area contributed by atoms with Crippen LogP contribution in [0.5, 0.6) is 0 Å². The van der Waals surface area contributed by atoms with Crippen molar-refractivity contribution in [2.75, 3.05) is 13.1 Å². The first-order chi connectivity index (χ1) is 8.15. The maximum Gasteiger partial charge on any atom is 0.0180 e. The van der Waals surface area contributed by atoms with Crippen LogP contribution in [0.15, 0.2) is 22.7 Å². The van der Waals surface area contributed by atoms with Crippen LogP contribution in [0.4, 0.5) is 0 Å². The van der Waals surface area contributed by atoms with Crippen molar-refractivity contribution in [2.24, 2.45) is 5.92 Å². The first-order valence-electron chi connectivity index (χ1n) is 6.65. The zero-order valence-corrected chi connectivity index (χ0v) is 12.4. The molecule has 1 unspecified atom stereocenters. The minimum atomic E-state index is 0.607. The highest BCUT2D eigenvalue weighted by Crippen LogP contribution is 2.25. The van der Waals surface area contributed by atoms with E-state index in [0.29, 0.717) is 5.92 Å². The number of halogens is 1. The fourth-order valence-corrected chi connectivity index (χ4v) is 3.12. The van der Waals surface area contributed by atoms with Gasteiger partial charge in [-0.1, -0.05) is 35.8 Å². The van der Waals surface area contributed by atoms with Gasteiger partial charge in [0.1, 0.15) is 0 Å². The summed E-state index contributed by atoms with van der Waals surface area (Å²) in [6, 6.07) is 6.90. The SMILES string of the molecule is CC(C)c1cc(Br)cc(CC2CCCNC2)c1. The summed E-state index contributed by atoms with van der Waals surface area (Å²) in [6.07, 6.45) is 3.92. The molecular formula is C15H22BrN. The molecule has 1 aliphatic rings. The van der Waals surface area contributed by atoms with Gasteiger partial charge < -0.3 is 5.32 Å². The summed E-state index contributed by atoms with van der Waals surface area (Å²) >= 11 is 3.63. The second-order valence-corrected chi connectivity index (χ2v) is 6.38. The van der Waals surface area contributed by atoms with Crippen LogP contribution < -0.4 is 5.32 Å². The van der Waals surface area contributed by atoms with Crippen molar-refractivity contribution in [2.45, 2.75) is 39.0 Å². The number of rotatable bonds is 3. The van der Waals surface area contributed by atoms with Crippen LogP contribution in [0, 0.1) is 5.92 Å². The number of hydrogen-bond acceptors (Lipinski definition) is 1. The standard InChI is InChI=1S/C15H22BrN/c1-11(2)14-7-13(8-15(16)9-14)6-12-4-3-5-17-10-12/h7-9,11-12,17H,3-6,10H2,1-2H3. The molecule has 0 spiro atoms. The normalized spacial score (nSPS) is 20.8. The Kier molecular flexibility index (Phi) is 4.63. The monoisotopic (exact) mass is 295 g/mol. The second kappa shape index (κ2) is 6.01. The lowest BCUT2D eigenvalue weighted by Crippen LogP contribution is -2.30. The first-order valence-corrected chi connectivity index (χ1v) is 7.44. The van der Waals surface area contributed by atoms with Crippen molar-refractivity contribution in [1.29, 1.82) is 0 Å². The van der Waals surface area contributed by atoms with Crippen LogP contribution in [0.25, 0.3) is 0 Å². The highest BCUT2D eigenvalue weighted by atomic mass is 79.9. The zero-order chi connectivity index (χ0) is 12.3. The Morgan fingerprint density at radius 1 is 1.35 bits per heavy atom. The van der Waals surface area contributed by atoms with Gasteiger partial charge in [-0.15, -0.1) is 0 Å². The maximum absolute atomic E-state index is 3.63. The molecule has 1 atom stereocenters. The van der Waals surface area contributed by atoms with Gasteiger partial charge in [-0.2, -0.15) is 0 Å². The molecule has 0 bridgehead atoms. The molecule has 0 aliphatic carbocycles. The quantitative estimate of drug-likeness (QED) is 0.885. The van der Waals surface area contributed by atoms with Crippen molar-refractivity contribution >= 4 is 15.9 Å². The van der Waals surface area contributed by atoms with E-state index in [1.807, 2.05) is 0 Å². The molecule has 1 saturated heterocycles. The van der Waals surface area contributed by atoms with E-state index < -0.39 is 0 Å². The van der Waals surface area contributed by atoms with Crippen LogP contribution in [-0.2, 0) is 6.42 Å². The summed E-state index contributed by atoms with van der Waals surface area (Å²) in [4.78, 5) is 0. The topological polar surface area (TPSA) is 12.0 Å². The Bertz CT molecular complexity index is 367. The Morgan fingerprint density at radius 2 is 2.18 bits per heavy atom. The number of benzene rings is 1.